The van der Waals surface area contributed by atoms with Crippen molar-refractivity contribution in [2.75, 3.05) is 19.7 Å². The largest absolute Gasteiger partial charge is 0.469 e. The predicted octanol–water partition coefficient (Wildman–Crippen LogP) is 2.46. The van der Waals surface area contributed by atoms with Crippen LogP contribution in [0, 0.1) is 0 Å². The zero-order valence-electron chi connectivity index (χ0n) is 12.1. The summed E-state index contributed by atoms with van der Waals surface area (Å²) in [6.45, 7) is 3.16. The van der Waals surface area contributed by atoms with E-state index in [0.717, 1.165) is 43.4 Å². The number of carbonyl (C=O) groups is 1. The van der Waals surface area contributed by atoms with Crippen LogP contribution in [0.25, 0.3) is 0 Å². The molecule has 20 heavy (non-hydrogen) atoms. The summed E-state index contributed by atoms with van der Waals surface area (Å²) in [5, 5.41) is 12.1. The first-order valence-electron chi connectivity index (χ1n) is 7.48. The molecular formula is C15H24N2O3. The molecule has 1 aliphatic rings. The van der Waals surface area contributed by atoms with E-state index in [-0.39, 0.29) is 18.7 Å². The number of rotatable bonds is 6. The SMILES string of the molecule is CCCCN(CCO)C(=O)NC1CCCc2occc21. The van der Waals surface area contributed by atoms with E-state index in [4.69, 9.17) is 9.52 Å². The Labute approximate surface area is 119 Å². The second kappa shape index (κ2) is 7.33. The van der Waals surface area contributed by atoms with Crippen LogP contribution >= 0.6 is 0 Å². The van der Waals surface area contributed by atoms with Crippen molar-refractivity contribution < 1.29 is 14.3 Å². The minimum atomic E-state index is -0.0912. The van der Waals surface area contributed by atoms with Crippen LogP contribution in [-0.4, -0.2) is 35.7 Å². The summed E-state index contributed by atoms with van der Waals surface area (Å²) in [4.78, 5) is 14.0. The number of nitrogens with zero attached hydrogens (tertiary/aromatic N) is 1. The molecule has 0 spiro atoms. The van der Waals surface area contributed by atoms with Gasteiger partial charge in [0.1, 0.15) is 5.76 Å². The van der Waals surface area contributed by atoms with Crippen LogP contribution in [0.1, 0.15) is 50.0 Å². The number of amides is 2. The number of urea groups is 1. The molecule has 1 aromatic heterocycles. The summed E-state index contributed by atoms with van der Waals surface area (Å²) in [7, 11) is 0. The highest BCUT2D eigenvalue weighted by molar-refractivity contribution is 5.74. The first kappa shape index (κ1) is 14.9. The number of aliphatic hydroxyl groups excluding tert-OH is 1. The Morgan fingerprint density at radius 2 is 2.40 bits per heavy atom. The molecule has 1 heterocycles. The zero-order chi connectivity index (χ0) is 14.4. The van der Waals surface area contributed by atoms with Crippen molar-refractivity contribution >= 4 is 6.03 Å². The monoisotopic (exact) mass is 280 g/mol. The van der Waals surface area contributed by atoms with Gasteiger partial charge in [-0.15, -0.1) is 0 Å². The maximum Gasteiger partial charge on any atom is 0.317 e. The van der Waals surface area contributed by atoms with Gasteiger partial charge in [-0.05, 0) is 25.3 Å². The Morgan fingerprint density at radius 1 is 1.55 bits per heavy atom. The predicted molar refractivity (Wildman–Crippen MR) is 76.5 cm³/mol. The van der Waals surface area contributed by atoms with Crippen LogP contribution in [-0.2, 0) is 6.42 Å². The highest BCUT2D eigenvalue weighted by atomic mass is 16.3. The fraction of sp³-hybridized carbons (Fsp3) is 0.667. The van der Waals surface area contributed by atoms with Crippen LogP contribution in [0.5, 0.6) is 0 Å². The van der Waals surface area contributed by atoms with Crippen LogP contribution in [0.3, 0.4) is 0 Å². The van der Waals surface area contributed by atoms with E-state index in [0.29, 0.717) is 13.1 Å². The van der Waals surface area contributed by atoms with Crippen LogP contribution in [0.15, 0.2) is 16.7 Å². The van der Waals surface area contributed by atoms with E-state index < -0.39 is 0 Å². The third-order valence-corrected chi connectivity index (χ3v) is 3.79. The van der Waals surface area contributed by atoms with E-state index in [9.17, 15) is 4.79 Å². The molecule has 1 atom stereocenters. The fourth-order valence-corrected chi connectivity index (χ4v) is 2.66. The molecule has 0 saturated heterocycles. The number of fused-ring (bicyclic) bond motifs is 1. The molecule has 0 aromatic carbocycles. The van der Waals surface area contributed by atoms with Gasteiger partial charge in [0, 0.05) is 25.1 Å². The van der Waals surface area contributed by atoms with Crippen molar-refractivity contribution in [3.05, 3.63) is 23.7 Å². The van der Waals surface area contributed by atoms with E-state index in [1.165, 1.54) is 0 Å². The number of furan rings is 1. The fourth-order valence-electron chi connectivity index (χ4n) is 2.66. The van der Waals surface area contributed by atoms with Gasteiger partial charge in [0.2, 0.25) is 0 Å². The topological polar surface area (TPSA) is 65.7 Å². The maximum atomic E-state index is 12.3. The van der Waals surface area contributed by atoms with Crippen molar-refractivity contribution in [3.63, 3.8) is 0 Å². The molecule has 0 radical (unpaired) electrons. The lowest BCUT2D eigenvalue weighted by Crippen LogP contribution is -2.44. The average molecular weight is 280 g/mol. The summed E-state index contributed by atoms with van der Waals surface area (Å²) < 4.78 is 5.44. The van der Waals surface area contributed by atoms with Gasteiger partial charge in [-0.25, -0.2) is 4.79 Å². The van der Waals surface area contributed by atoms with Crippen LogP contribution < -0.4 is 5.32 Å². The minimum absolute atomic E-state index is 0.00123. The number of carbonyl (C=O) groups excluding carboxylic acids is 1. The van der Waals surface area contributed by atoms with Crippen molar-refractivity contribution in [1.29, 1.82) is 0 Å². The smallest absolute Gasteiger partial charge is 0.317 e. The standard InChI is InChI=1S/C15H24N2O3/c1-2-3-8-17(9-10-18)15(19)16-13-5-4-6-14-12(13)7-11-20-14/h7,11,13,18H,2-6,8-10H2,1H3,(H,16,19). The molecule has 2 N–H and O–H groups in total. The number of unbranched alkanes of at least 4 members (excludes halogenated alkanes) is 1. The van der Waals surface area contributed by atoms with Gasteiger partial charge in [-0.1, -0.05) is 13.3 Å². The van der Waals surface area contributed by atoms with Crippen LogP contribution in [0.4, 0.5) is 4.79 Å². The molecule has 2 rings (SSSR count). The Balaban J connectivity index is 1.96. The average Bonchev–Trinajstić information content (AvgIpc) is 2.93. The first-order chi connectivity index (χ1) is 9.76. The van der Waals surface area contributed by atoms with Gasteiger partial charge in [-0.3, -0.25) is 0 Å². The van der Waals surface area contributed by atoms with E-state index >= 15 is 0 Å². The second-order valence-electron chi connectivity index (χ2n) is 5.26. The molecule has 0 bridgehead atoms. The highest BCUT2D eigenvalue weighted by Crippen LogP contribution is 2.30. The number of nitrogens with one attached hydrogen (secondary N) is 1. The summed E-state index contributed by atoms with van der Waals surface area (Å²) in [6, 6.07) is 1.89. The zero-order valence-corrected chi connectivity index (χ0v) is 12.1. The van der Waals surface area contributed by atoms with E-state index in [2.05, 4.69) is 12.2 Å². The molecule has 1 aliphatic carbocycles. The normalized spacial score (nSPS) is 17.6. The lowest BCUT2D eigenvalue weighted by atomic mass is 9.93. The second-order valence-corrected chi connectivity index (χ2v) is 5.26. The van der Waals surface area contributed by atoms with Crippen LogP contribution in [0.2, 0.25) is 0 Å². The lowest BCUT2D eigenvalue weighted by Gasteiger charge is -2.28. The Hall–Kier alpha value is -1.49. The summed E-state index contributed by atoms with van der Waals surface area (Å²) in [5.41, 5.74) is 1.10. The summed E-state index contributed by atoms with van der Waals surface area (Å²) in [6.07, 6.45) is 6.60. The third kappa shape index (κ3) is 3.54. The molecule has 5 heteroatoms. The third-order valence-electron chi connectivity index (χ3n) is 3.79. The van der Waals surface area contributed by atoms with Gasteiger partial charge < -0.3 is 19.7 Å². The molecular weight excluding hydrogens is 256 g/mol. The van der Waals surface area contributed by atoms with Crippen molar-refractivity contribution in [2.24, 2.45) is 0 Å². The van der Waals surface area contributed by atoms with Gasteiger partial charge in [0.15, 0.2) is 0 Å². The molecule has 0 saturated carbocycles. The molecule has 0 aliphatic heterocycles. The number of aliphatic hydroxyl groups is 1. The van der Waals surface area contributed by atoms with Crippen molar-refractivity contribution in [3.8, 4) is 0 Å². The number of hydrogen-bond donors (Lipinski definition) is 2. The van der Waals surface area contributed by atoms with Gasteiger partial charge in [-0.2, -0.15) is 0 Å². The minimum Gasteiger partial charge on any atom is -0.469 e. The quantitative estimate of drug-likeness (QED) is 0.841. The maximum absolute atomic E-state index is 12.3. The number of aryl methyl sites for hydroxylation is 1. The van der Waals surface area contributed by atoms with Crippen molar-refractivity contribution in [2.45, 2.75) is 45.1 Å². The number of hydrogen-bond acceptors (Lipinski definition) is 3. The molecule has 5 nitrogen and oxygen atoms in total. The molecule has 2 amide bonds. The Kier molecular flexibility index (Phi) is 5.47. The lowest BCUT2D eigenvalue weighted by molar-refractivity contribution is 0.172. The molecule has 1 aromatic rings. The van der Waals surface area contributed by atoms with Gasteiger partial charge in [0.25, 0.3) is 0 Å². The highest BCUT2D eigenvalue weighted by Gasteiger charge is 2.25. The first-order valence-corrected chi connectivity index (χ1v) is 7.48. The molecule has 1 unspecified atom stereocenters. The van der Waals surface area contributed by atoms with Crippen molar-refractivity contribution in [1.82, 2.24) is 10.2 Å². The Morgan fingerprint density at radius 3 is 3.15 bits per heavy atom. The Bertz CT molecular complexity index is 431. The summed E-state index contributed by atoms with van der Waals surface area (Å²) >= 11 is 0. The van der Waals surface area contributed by atoms with E-state index in [1.807, 2.05) is 6.07 Å². The summed E-state index contributed by atoms with van der Waals surface area (Å²) in [5.74, 6) is 0.990. The molecule has 0 fully saturated rings. The van der Waals surface area contributed by atoms with Gasteiger partial charge >= 0.3 is 6.03 Å². The van der Waals surface area contributed by atoms with E-state index in [1.54, 1.807) is 11.2 Å². The molecule has 112 valence electrons. The van der Waals surface area contributed by atoms with Gasteiger partial charge in [0.05, 0.1) is 18.9 Å².